The van der Waals surface area contributed by atoms with Gasteiger partial charge in [0.15, 0.2) is 0 Å². The lowest BCUT2D eigenvalue weighted by Crippen LogP contribution is -2.02. The predicted molar refractivity (Wildman–Crippen MR) is 85.6 cm³/mol. The third kappa shape index (κ3) is 3.39. The first-order chi connectivity index (χ1) is 10.7. The van der Waals surface area contributed by atoms with Crippen LogP contribution in [0.2, 0.25) is 0 Å². The molecule has 116 valence electrons. The van der Waals surface area contributed by atoms with Gasteiger partial charge in [-0.15, -0.1) is 0 Å². The Morgan fingerprint density at radius 2 is 1.77 bits per heavy atom. The molecule has 0 saturated carbocycles. The molecule has 2 rings (SSSR count). The van der Waals surface area contributed by atoms with Gasteiger partial charge in [-0.05, 0) is 30.7 Å². The average molecular weight is 300 g/mol. The minimum atomic E-state index is -0.379. The van der Waals surface area contributed by atoms with Gasteiger partial charge >= 0.3 is 5.97 Å². The lowest BCUT2D eigenvalue weighted by Gasteiger charge is -2.14. The molecule has 0 saturated heterocycles. The average Bonchev–Trinajstić information content (AvgIpc) is 2.58. The van der Waals surface area contributed by atoms with Crippen LogP contribution in [0.15, 0.2) is 42.5 Å². The zero-order valence-electron chi connectivity index (χ0n) is 13.1. The number of rotatable bonds is 6. The molecule has 22 heavy (non-hydrogen) atoms. The number of carbonyl (C=O) groups excluding carboxylic acids is 1. The Labute approximate surface area is 130 Å². The van der Waals surface area contributed by atoms with Crippen LogP contribution in [0.4, 0.5) is 0 Å². The van der Waals surface area contributed by atoms with E-state index in [1.807, 2.05) is 24.3 Å². The maximum absolute atomic E-state index is 11.8. The van der Waals surface area contributed by atoms with Crippen LogP contribution in [-0.4, -0.2) is 26.8 Å². The van der Waals surface area contributed by atoms with E-state index in [2.05, 4.69) is 6.92 Å². The van der Waals surface area contributed by atoms with Crippen molar-refractivity contribution in [2.75, 3.05) is 20.8 Å². The molecule has 0 heterocycles. The van der Waals surface area contributed by atoms with Gasteiger partial charge in [0.2, 0.25) is 0 Å². The van der Waals surface area contributed by atoms with Gasteiger partial charge in [-0.1, -0.05) is 25.1 Å². The van der Waals surface area contributed by atoms with E-state index >= 15 is 0 Å². The third-order valence-electron chi connectivity index (χ3n) is 3.26. The first-order valence-corrected chi connectivity index (χ1v) is 7.19. The molecule has 0 aliphatic carbocycles. The van der Waals surface area contributed by atoms with Gasteiger partial charge in [-0.25, -0.2) is 4.79 Å². The van der Waals surface area contributed by atoms with Crippen LogP contribution in [0, 0.1) is 0 Å². The van der Waals surface area contributed by atoms with Crippen molar-refractivity contribution in [2.24, 2.45) is 0 Å². The Kier molecular flexibility index (Phi) is 5.42. The number of para-hydroxylation sites is 1. The highest BCUT2D eigenvalue weighted by Crippen LogP contribution is 2.37. The number of hydrogen-bond acceptors (Lipinski definition) is 4. The van der Waals surface area contributed by atoms with Crippen LogP contribution in [0.1, 0.15) is 23.7 Å². The van der Waals surface area contributed by atoms with Crippen molar-refractivity contribution in [2.45, 2.75) is 13.3 Å². The largest absolute Gasteiger partial charge is 0.496 e. The van der Waals surface area contributed by atoms with Crippen LogP contribution in [-0.2, 0) is 4.74 Å². The number of carbonyl (C=O) groups is 1. The van der Waals surface area contributed by atoms with E-state index < -0.39 is 0 Å². The molecule has 0 aromatic heterocycles. The van der Waals surface area contributed by atoms with E-state index in [4.69, 9.17) is 14.2 Å². The van der Waals surface area contributed by atoms with Crippen LogP contribution in [0.5, 0.6) is 11.5 Å². The van der Waals surface area contributed by atoms with Crippen molar-refractivity contribution in [3.63, 3.8) is 0 Å². The molecule has 0 radical (unpaired) electrons. The molecule has 0 unspecified atom stereocenters. The first-order valence-electron chi connectivity index (χ1n) is 7.19. The van der Waals surface area contributed by atoms with E-state index in [0.29, 0.717) is 17.9 Å². The summed E-state index contributed by atoms with van der Waals surface area (Å²) in [4.78, 5) is 11.8. The monoisotopic (exact) mass is 300 g/mol. The summed E-state index contributed by atoms with van der Waals surface area (Å²) in [7, 11) is 2.97. The van der Waals surface area contributed by atoms with Gasteiger partial charge in [-0.2, -0.15) is 0 Å². The van der Waals surface area contributed by atoms with Gasteiger partial charge < -0.3 is 14.2 Å². The van der Waals surface area contributed by atoms with E-state index in [0.717, 1.165) is 23.3 Å². The molecule has 0 N–H and O–H groups in total. The fraction of sp³-hybridized carbons (Fsp3) is 0.278. The second-order valence-corrected chi connectivity index (χ2v) is 4.75. The number of benzene rings is 2. The van der Waals surface area contributed by atoms with E-state index in [1.165, 1.54) is 7.11 Å². The van der Waals surface area contributed by atoms with Crippen molar-refractivity contribution >= 4 is 5.97 Å². The molecule has 4 heteroatoms. The SMILES string of the molecule is CCCOc1ccccc1-c1cc(C(=O)OC)ccc1OC. The van der Waals surface area contributed by atoms with Crippen molar-refractivity contribution in [3.8, 4) is 22.6 Å². The zero-order chi connectivity index (χ0) is 15.9. The smallest absolute Gasteiger partial charge is 0.337 e. The summed E-state index contributed by atoms with van der Waals surface area (Å²) in [6, 6.07) is 12.9. The summed E-state index contributed by atoms with van der Waals surface area (Å²) in [5, 5.41) is 0. The second-order valence-electron chi connectivity index (χ2n) is 4.75. The molecule has 0 spiro atoms. The van der Waals surface area contributed by atoms with Crippen molar-refractivity contribution in [1.82, 2.24) is 0 Å². The lowest BCUT2D eigenvalue weighted by atomic mass is 10.0. The Morgan fingerprint density at radius 3 is 2.45 bits per heavy atom. The fourth-order valence-electron chi connectivity index (χ4n) is 2.19. The van der Waals surface area contributed by atoms with E-state index in [9.17, 15) is 4.79 Å². The van der Waals surface area contributed by atoms with Gasteiger partial charge in [-0.3, -0.25) is 0 Å². The van der Waals surface area contributed by atoms with Gasteiger partial charge in [0.1, 0.15) is 11.5 Å². The Balaban J connectivity index is 2.52. The van der Waals surface area contributed by atoms with Gasteiger partial charge in [0.05, 0.1) is 26.4 Å². The Hall–Kier alpha value is -2.49. The molecule has 2 aromatic carbocycles. The fourth-order valence-corrected chi connectivity index (χ4v) is 2.19. The molecule has 0 aliphatic rings. The highest BCUT2D eigenvalue weighted by Gasteiger charge is 2.15. The zero-order valence-corrected chi connectivity index (χ0v) is 13.1. The molecule has 2 aromatic rings. The standard InChI is InChI=1S/C18H20O4/c1-4-11-22-17-8-6-5-7-14(17)15-12-13(18(19)21-3)9-10-16(15)20-2/h5-10,12H,4,11H2,1-3H3. The van der Waals surface area contributed by atoms with Crippen molar-refractivity contribution in [3.05, 3.63) is 48.0 Å². The predicted octanol–water partition coefficient (Wildman–Crippen LogP) is 3.94. The summed E-state index contributed by atoms with van der Waals surface area (Å²) in [6.07, 6.45) is 0.924. The first kappa shape index (κ1) is 15.9. The topological polar surface area (TPSA) is 44.8 Å². The third-order valence-corrected chi connectivity index (χ3v) is 3.26. The lowest BCUT2D eigenvalue weighted by molar-refractivity contribution is 0.0600. The van der Waals surface area contributed by atoms with Crippen LogP contribution >= 0.6 is 0 Å². The maximum Gasteiger partial charge on any atom is 0.337 e. The van der Waals surface area contributed by atoms with Gasteiger partial charge in [0, 0.05) is 11.1 Å². The van der Waals surface area contributed by atoms with Crippen LogP contribution in [0.3, 0.4) is 0 Å². The number of ether oxygens (including phenoxy) is 3. The minimum absolute atomic E-state index is 0.379. The quantitative estimate of drug-likeness (QED) is 0.758. The molecule has 0 fully saturated rings. The van der Waals surface area contributed by atoms with Crippen molar-refractivity contribution < 1.29 is 19.0 Å². The molecule has 0 amide bonds. The summed E-state index contributed by atoms with van der Waals surface area (Å²) in [5.41, 5.74) is 2.17. The molecule has 4 nitrogen and oxygen atoms in total. The molecular formula is C18H20O4. The minimum Gasteiger partial charge on any atom is -0.496 e. The molecular weight excluding hydrogens is 280 g/mol. The molecule has 0 aliphatic heterocycles. The second kappa shape index (κ2) is 7.50. The highest BCUT2D eigenvalue weighted by molar-refractivity contribution is 5.92. The number of hydrogen-bond donors (Lipinski definition) is 0. The van der Waals surface area contributed by atoms with Gasteiger partial charge in [0.25, 0.3) is 0 Å². The Morgan fingerprint density at radius 1 is 1.00 bits per heavy atom. The summed E-state index contributed by atoms with van der Waals surface area (Å²) in [6.45, 7) is 2.69. The summed E-state index contributed by atoms with van der Waals surface area (Å²) in [5.74, 6) is 1.07. The van der Waals surface area contributed by atoms with Crippen molar-refractivity contribution in [1.29, 1.82) is 0 Å². The normalized spacial score (nSPS) is 10.1. The van der Waals surface area contributed by atoms with Crippen LogP contribution < -0.4 is 9.47 Å². The Bertz CT molecular complexity index is 649. The number of methoxy groups -OCH3 is 2. The maximum atomic E-state index is 11.8. The van der Waals surface area contributed by atoms with E-state index in [-0.39, 0.29) is 5.97 Å². The number of esters is 1. The highest BCUT2D eigenvalue weighted by atomic mass is 16.5. The summed E-state index contributed by atoms with van der Waals surface area (Å²) < 4.78 is 16.0. The molecule has 0 bridgehead atoms. The van der Waals surface area contributed by atoms with E-state index in [1.54, 1.807) is 25.3 Å². The van der Waals surface area contributed by atoms with Crippen LogP contribution in [0.25, 0.3) is 11.1 Å². The molecule has 0 atom stereocenters. The summed E-state index contributed by atoms with van der Waals surface area (Å²) >= 11 is 0.